The van der Waals surface area contributed by atoms with Crippen LogP contribution in [0, 0.1) is 5.92 Å². The number of fused-ring (bicyclic) bond motifs is 1. The molecule has 1 saturated carbocycles. The zero-order chi connectivity index (χ0) is 12.5. The molecule has 0 spiro atoms. The zero-order valence-corrected chi connectivity index (χ0v) is 10.8. The molecule has 2 heteroatoms. The highest BCUT2D eigenvalue weighted by Crippen LogP contribution is 2.47. The Balaban J connectivity index is 1.99. The number of rotatable bonds is 2. The van der Waals surface area contributed by atoms with Crippen molar-refractivity contribution in [3.05, 3.63) is 41.5 Å². The largest absolute Gasteiger partial charge is 0.350 e. The predicted octanol–water partition coefficient (Wildman–Crippen LogP) is 3.15. The van der Waals surface area contributed by atoms with Crippen LogP contribution < -0.4 is 5.32 Å². The molecule has 0 heterocycles. The molecule has 1 N–H and O–H groups in total. The minimum atomic E-state index is 0.0778. The van der Waals surface area contributed by atoms with Gasteiger partial charge in [0.15, 0.2) is 0 Å². The smallest absolute Gasteiger partial charge is 0.217 e. The Morgan fingerprint density at radius 2 is 2.06 bits per heavy atom. The number of amides is 1. The van der Waals surface area contributed by atoms with Gasteiger partial charge in [-0.15, -0.1) is 0 Å². The highest BCUT2D eigenvalue weighted by atomic mass is 16.1. The topological polar surface area (TPSA) is 29.1 Å². The third-order valence-corrected chi connectivity index (χ3v) is 4.17. The van der Waals surface area contributed by atoms with Gasteiger partial charge >= 0.3 is 0 Å². The van der Waals surface area contributed by atoms with Crippen LogP contribution in [0.2, 0.25) is 0 Å². The molecule has 3 rings (SSSR count). The van der Waals surface area contributed by atoms with Crippen molar-refractivity contribution in [2.45, 2.75) is 38.6 Å². The fraction of sp³-hybridized carbons (Fsp3) is 0.438. The Morgan fingerprint density at radius 3 is 2.78 bits per heavy atom. The van der Waals surface area contributed by atoms with E-state index in [0.29, 0.717) is 5.92 Å². The zero-order valence-electron chi connectivity index (χ0n) is 10.8. The Morgan fingerprint density at radius 1 is 1.28 bits per heavy atom. The van der Waals surface area contributed by atoms with Crippen molar-refractivity contribution in [2.75, 3.05) is 0 Å². The van der Waals surface area contributed by atoms with Crippen molar-refractivity contribution in [1.29, 1.82) is 0 Å². The Hall–Kier alpha value is -1.57. The molecule has 1 fully saturated rings. The summed E-state index contributed by atoms with van der Waals surface area (Å²) in [6, 6.07) is 10.8. The number of carbonyl (C=O) groups excluding carboxylic acids is 1. The second kappa shape index (κ2) is 4.60. The van der Waals surface area contributed by atoms with E-state index in [9.17, 15) is 4.79 Å². The van der Waals surface area contributed by atoms with Crippen molar-refractivity contribution in [3.63, 3.8) is 0 Å². The molecule has 0 aromatic heterocycles. The number of hydrogen-bond acceptors (Lipinski definition) is 1. The van der Waals surface area contributed by atoms with Crippen molar-refractivity contribution < 1.29 is 4.79 Å². The first-order chi connectivity index (χ1) is 8.75. The van der Waals surface area contributed by atoms with E-state index in [-0.39, 0.29) is 11.9 Å². The van der Waals surface area contributed by atoms with Crippen molar-refractivity contribution in [3.8, 4) is 0 Å². The lowest BCUT2D eigenvalue weighted by atomic mass is 9.98. The van der Waals surface area contributed by atoms with Gasteiger partial charge in [-0.2, -0.15) is 0 Å². The molecule has 2 atom stereocenters. The van der Waals surface area contributed by atoms with Crippen LogP contribution >= 0.6 is 0 Å². The van der Waals surface area contributed by atoms with Gasteiger partial charge in [0.1, 0.15) is 0 Å². The van der Waals surface area contributed by atoms with Crippen LogP contribution in [0.5, 0.6) is 0 Å². The molecule has 1 aromatic rings. The molecule has 94 valence electrons. The highest BCUT2D eigenvalue weighted by molar-refractivity contribution is 5.81. The highest BCUT2D eigenvalue weighted by Gasteiger charge is 2.36. The summed E-state index contributed by atoms with van der Waals surface area (Å²) in [5.74, 6) is 0.783. The van der Waals surface area contributed by atoms with Gasteiger partial charge in [0, 0.05) is 6.92 Å². The van der Waals surface area contributed by atoms with E-state index in [4.69, 9.17) is 0 Å². The minimum Gasteiger partial charge on any atom is -0.350 e. The predicted molar refractivity (Wildman–Crippen MR) is 72.9 cm³/mol. The van der Waals surface area contributed by atoms with Gasteiger partial charge in [0.2, 0.25) is 5.91 Å². The molecule has 1 aromatic carbocycles. The summed E-state index contributed by atoms with van der Waals surface area (Å²) < 4.78 is 0. The quantitative estimate of drug-likeness (QED) is 0.846. The first kappa shape index (κ1) is 11.5. The van der Waals surface area contributed by atoms with Crippen molar-refractivity contribution in [2.24, 2.45) is 5.92 Å². The van der Waals surface area contributed by atoms with Gasteiger partial charge in [0.05, 0.1) is 6.04 Å². The summed E-state index contributed by atoms with van der Waals surface area (Å²) in [7, 11) is 0. The molecule has 0 aliphatic heterocycles. The van der Waals surface area contributed by atoms with Crippen LogP contribution in [0.4, 0.5) is 0 Å². The molecule has 0 saturated heterocycles. The maximum Gasteiger partial charge on any atom is 0.217 e. The molecule has 0 bridgehead atoms. The van der Waals surface area contributed by atoms with Gasteiger partial charge in [-0.1, -0.05) is 35.9 Å². The first-order valence-electron chi connectivity index (χ1n) is 6.81. The lowest BCUT2D eigenvalue weighted by molar-refractivity contribution is -0.119. The number of carbonyl (C=O) groups is 1. The number of nitrogens with one attached hydrogen (secondary N) is 1. The molecule has 18 heavy (non-hydrogen) atoms. The molecule has 1 amide bonds. The van der Waals surface area contributed by atoms with Crippen molar-refractivity contribution >= 4 is 11.5 Å². The monoisotopic (exact) mass is 241 g/mol. The maximum atomic E-state index is 11.4. The lowest BCUT2D eigenvalue weighted by Gasteiger charge is -2.17. The standard InChI is InChI=1S/C16H19NO/c1-11(18)17-15-10-13-8-5-9-14(13)16(15)12-6-3-2-4-7-12/h2-4,6-7,13,15H,5,8-10H2,1H3,(H,17,18)/t13-,15+/m1/s1. The maximum absolute atomic E-state index is 11.4. The second-order valence-corrected chi connectivity index (χ2v) is 5.38. The Bertz CT molecular complexity index is 489. The molecular weight excluding hydrogens is 222 g/mol. The summed E-state index contributed by atoms with van der Waals surface area (Å²) in [5, 5.41) is 3.12. The van der Waals surface area contributed by atoms with Crippen LogP contribution in [-0.2, 0) is 4.79 Å². The molecule has 0 unspecified atom stereocenters. The van der Waals surface area contributed by atoms with Gasteiger partial charge in [-0.05, 0) is 42.7 Å². The average Bonchev–Trinajstić information content (AvgIpc) is 2.89. The van der Waals surface area contributed by atoms with E-state index in [1.807, 2.05) is 6.07 Å². The fourth-order valence-corrected chi connectivity index (χ4v) is 3.54. The molecule has 2 aliphatic rings. The number of allylic oxidation sites excluding steroid dienone is 1. The van der Waals surface area contributed by atoms with E-state index < -0.39 is 0 Å². The normalized spacial score (nSPS) is 26.3. The van der Waals surface area contributed by atoms with Gasteiger partial charge < -0.3 is 5.32 Å². The summed E-state index contributed by atoms with van der Waals surface area (Å²) in [6.45, 7) is 1.61. The lowest BCUT2D eigenvalue weighted by Crippen LogP contribution is -2.32. The van der Waals surface area contributed by atoms with Crippen LogP contribution in [0.15, 0.2) is 35.9 Å². The molecular formula is C16H19NO. The van der Waals surface area contributed by atoms with Crippen LogP contribution in [-0.4, -0.2) is 11.9 Å². The van der Waals surface area contributed by atoms with Gasteiger partial charge in [-0.25, -0.2) is 0 Å². The van der Waals surface area contributed by atoms with Crippen LogP contribution in [0.3, 0.4) is 0 Å². The molecule has 2 aliphatic carbocycles. The SMILES string of the molecule is CC(=O)N[C@H]1C[C@H]2CCCC2=C1c1ccccc1. The summed E-state index contributed by atoms with van der Waals surface area (Å²) >= 11 is 0. The first-order valence-corrected chi connectivity index (χ1v) is 6.81. The van der Waals surface area contributed by atoms with E-state index in [0.717, 1.165) is 6.42 Å². The third kappa shape index (κ3) is 1.96. The van der Waals surface area contributed by atoms with Gasteiger partial charge in [0.25, 0.3) is 0 Å². The van der Waals surface area contributed by atoms with E-state index in [1.165, 1.54) is 30.4 Å². The Kier molecular flexibility index (Phi) is 2.94. The number of benzene rings is 1. The summed E-state index contributed by atoms with van der Waals surface area (Å²) in [5.41, 5.74) is 4.28. The van der Waals surface area contributed by atoms with Crippen molar-refractivity contribution in [1.82, 2.24) is 5.32 Å². The Labute approximate surface area is 108 Å². The minimum absolute atomic E-state index is 0.0778. The van der Waals surface area contributed by atoms with Crippen LogP contribution in [0.1, 0.15) is 38.2 Å². The average molecular weight is 241 g/mol. The van der Waals surface area contributed by atoms with E-state index >= 15 is 0 Å². The van der Waals surface area contributed by atoms with Gasteiger partial charge in [-0.3, -0.25) is 4.79 Å². The van der Waals surface area contributed by atoms with E-state index in [2.05, 4.69) is 29.6 Å². The van der Waals surface area contributed by atoms with Crippen LogP contribution in [0.25, 0.3) is 5.57 Å². The fourth-order valence-electron chi connectivity index (χ4n) is 3.54. The molecule has 0 radical (unpaired) electrons. The third-order valence-electron chi connectivity index (χ3n) is 4.17. The second-order valence-electron chi connectivity index (χ2n) is 5.38. The number of hydrogen-bond donors (Lipinski definition) is 1. The summed E-state index contributed by atoms with van der Waals surface area (Å²) in [4.78, 5) is 11.4. The van der Waals surface area contributed by atoms with E-state index in [1.54, 1.807) is 12.5 Å². The molecule has 2 nitrogen and oxygen atoms in total. The summed E-state index contributed by atoms with van der Waals surface area (Å²) in [6.07, 6.45) is 4.91.